The van der Waals surface area contributed by atoms with Crippen molar-refractivity contribution in [1.82, 2.24) is 10.3 Å². The minimum Gasteiger partial charge on any atom is -0.375 e. The number of aliphatic hydroxyl groups is 1. The monoisotopic (exact) mass is 371 g/mol. The number of hydrogen-bond acceptors (Lipinski definition) is 5. The number of rotatable bonds is 5. The fourth-order valence-electron chi connectivity index (χ4n) is 3.07. The predicted molar refractivity (Wildman–Crippen MR) is 102 cm³/mol. The number of nitrogens with one attached hydrogen (secondary N) is 1. The Kier molecular flexibility index (Phi) is 5.58. The van der Waals surface area contributed by atoms with Crippen LogP contribution >= 0.6 is 11.8 Å². The number of thioether (sulfide) groups is 1. The Morgan fingerprint density at radius 2 is 2.15 bits per heavy atom. The van der Waals surface area contributed by atoms with E-state index < -0.39 is 17.4 Å². The molecule has 1 aromatic carbocycles. The topological polar surface area (TPSA) is 82.0 Å². The maximum Gasteiger partial charge on any atom is 0.277 e. The molecule has 0 saturated carbocycles. The standard InChI is InChI=1S/C19H21N3O3S/c1-2-22-16(23)13-26-18(22)21-20-17(24)19(25,14-9-5-3-6-10-14)15-11-7-4-8-12-15/h3-11,15,25H,2,12-13H2,1H3,(H,20,24)/b21-18-/t15-,19-/m0/s1. The summed E-state index contributed by atoms with van der Waals surface area (Å²) in [6, 6.07) is 8.85. The number of benzene rings is 1. The molecule has 136 valence electrons. The minimum atomic E-state index is -1.75. The molecule has 6 nitrogen and oxygen atoms in total. The fourth-order valence-corrected chi connectivity index (χ4v) is 3.98. The third-order valence-corrected chi connectivity index (χ3v) is 5.46. The van der Waals surface area contributed by atoms with E-state index in [4.69, 9.17) is 0 Å². The summed E-state index contributed by atoms with van der Waals surface area (Å²) in [5.74, 6) is -0.752. The van der Waals surface area contributed by atoms with E-state index in [0.717, 1.165) is 0 Å². The average Bonchev–Trinajstić information content (AvgIpc) is 3.06. The lowest BCUT2D eigenvalue weighted by Gasteiger charge is -2.33. The van der Waals surface area contributed by atoms with Crippen molar-refractivity contribution < 1.29 is 14.7 Å². The van der Waals surface area contributed by atoms with E-state index in [-0.39, 0.29) is 5.91 Å². The van der Waals surface area contributed by atoms with E-state index >= 15 is 0 Å². The van der Waals surface area contributed by atoms with Gasteiger partial charge >= 0.3 is 0 Å². The van der Waals surface area contributed by atoms with Gasteiger partial charge in [0.1, 0.15) is 0 Å². The zero-order chi connectivity index (χ0) is 18.6. The maximum absolute atomic E-state index is 13.0. The molecule has 2 aliphatic rings. The quantitative estimate of drug-likeness (QED) is 0.776. The fraction of sp³-hybridized carbons (Fsp3) is 0.316. The highest BCUT2D eigenvalue weighted by molar-refractivity contribution is 8.15. The van der Waals surface area contributed by atoms with Gasteiger partial charge in [0.15, 0.2) is 10.8 Å². The average molecular weight is 371 g/mol. The lowest BCUT2D eigenvalue weighted by atomic mass is 9.77. The first-order valence-corrected chi connectivity index (χ1v) is 9.48. The van der Waals surface area contributed by atoms with Crippen LogP contribution in [-0.2, 0) is 15.2 Å². The van der Waals surface area contributed by atoms with Crippen LogP contribution < -0.4 is 5.43 Å². The summed E-state index contributed by atoms with van der Waals surface area (Å²) >= 11 is 1.27. The Morgan fingerprint density at radius 1 is 1.38 bits per heavy atom. The Labute approximate surface area is 156 Å². The molecule has 1 aromatic rings. The number of carbonyl (C=O) groups excluding carboxylic acids is 2. The number of amides is 2. The van der Waals surface area contributed by atoms with Crippen molar-refractivity contribution in [3.8, 4) is 0 Å². The van der Waals surface area contributed by atoms with E-state index in [1.165, 1.54) is 16.7 Å². The van der Waals surface area contributed by atoms with E-state index in [0.29, 0.717) is 29.4 Å². The molecule has 2 atom stereocenters. The third kappa shape index (κ3) is 3.45. The summed E-state index contributed by atoms with van der Waals surface area (Å²) in [5, 5.41) is 15.9. The number of nitrogens with zero attached hydrogens (tertiary/aromatic N) is 2. The molecule has 0 bridgehead atoms. The summed E-state index contributed by atoms with van der Waals surface area (Å²) in [7, 11) is 0. The minimum absolute atomic E-state index is 0.0378. The Hall–Kier alpha value is -2.38. The zero-order valence-electron chi connectivity index (χ0n) is 14.5. The second-order valence-electron chi connectivity index (χ2n) is 6.05. The molecular weight excluding hydrogens is 350 g/mol. The summed E-state index contributed by atoms with van der Waals surface area (Å²) in [4.78, 5) is 26.2. The van der Waals surface area contributed by atoms with Gasteiger partial charge in [0.25, 0.3) is 5.91 Å². The molecule has 1 saturated heterocycles. The molecule has 1 fully saturated rings. The lowest BCUT2D eigenvalue weighted by molar-refractivity contribution is -0.145. The molecule has 0 aromatic heterocycles. The Balaban J connectivity index is 1.87. The molecule has 0 radical (unpaired) electrons. The first-order chi connectivity index (χ1) is 12.6. The van der Waals surface area contributed by atoms with Gasteiger partial charge in [0, 0.05) is 12.5 Å². The number of carbonyl (C=O) groups is 2. The zero-order valence-corrected chi connectivity index (χ0v) is 15.3. The van der Waals surface area contributed by atoms with Gasteiger partial charge in [-0.05, 0) is 18.9 Å². The predicted octanol–water partition coefficient (Wildman–Crippen LogP) is 1.99. The van der Waals surface area contributed by atoms with E-state index in [9.17, 15) is 14.7 Å². The van der Waals surface area contributed by atoms with Crippen molar-refractivity contribution >= 4 is 28.7 Å². The summed E-state index contributed by atoms with van der Waals surface area (Å²) < 4.78 is 0. The van der Waals surface area contributed by atoms with Gasteiger partial charge in [-0.3, -0.25) is 14.5 Å². The van der Waals surface area contributed by atoms with Crippen LogP contribution in [0.15, 0.2) is 59.7 Å². The third-order valence-electron chi connectivity index (χ3n) is 4.50. The van der Waals surface area contributed by atoms with Crippen molar-refractivity contribution in [3.63, 3.8) is 0 Å². The normalized spacial score (nSPS) is 23.3. The molecule has 0 spiro atoms. The SMILES string of the molecule is CCN1C(=O)CS/C1=N\NC(=O)[C@](O)(c1ccccc1)[C@H]1C=CC=CC1. The number of allylic oxidation sites excluding steroid dienone is 3. The molecular formula is C19H21N3O3S. The van der Waals surface area contributed by atoms with Crippen LogP contribution in [0.4, 0.5) is 0 Å². The molecule has 1 aliphatic heterocycles. The van der Waals surface area contributed by atoms with E-state index in [1.807, 2.05) is 37.3 Å². The smallest absolute Gasteiger partial charge is 0.277 e. The second kappa shape index (κ2) is 7.88. The highest BCUT2D eigenvalue weighted by Crippen LogP contribution is 2.35. The van der Waals surface area contributed by atoms with Crippen molar-refractivity contribution in [2.24, 2.45) is 11.0 Å². The lowest BCUT2D eigenvalue weighted by Crippen LogP contribution is -2.48. The van der Waals surface area contributed by atoms with Crippen LogP contribution in [-0.4, -0.2) is 39.3 Å². The molecule has 1 aliphatic carbocycles. The number of hydrogen-bond donors (Lipinski definition) is 2. The van der Waals surface area contributed by atoms with Crippen LogP contribution in [0.1, 0.15) is 18.9 Å². The van der Waals surface area contributed by atoms with Gasteiger partial charge in [0.2, 0.25) is 5.91 Å². The van der Waals surface area contributed by atoms with Crippen LogP contribution in [0.3, 0.4) is 0 Å². The van der Waals surface area contributed by atoms with Crippen LogP contribution in [0.2, 0.25) is 0 Å². The summed E-state index contributed by atoms with van der Waals surface area (Å²) in [5.41, 5.74) is 1.22. The number of amidine groups is 1. The summed E-state index contributed by atoms with van der Waals surface area (Å²) in [6.07, 6.45) is 8.00. The van der Waals surface area contributed by atoms with Crippen molar-refractivity contribution in [2.75, 3.05) is 12.3 Å². The van der Waals surface area contributed by atoms with Gasteiger partial charge in [-0.1, -0.05) is 66.4 Å². The van der Waals surface area contributed by atoms with Crippen LogP contribution in [0.5, 0.6) is 0 Å². The Morgan fingerprint density at radius 3 is 2.81 bits per heavy atom. The number of hydrazone groups is 1. The van der Waals surface area contributed by atoms with Gasteiger partial charge in [-0.25, -0.2) is 5.43 Å². The molecule has 3 rings (SSSR count). The molecule has 0 unspecified atom stereocenters. The first-order valence-electron chi connectivity index (χ1n) is 8.50. The highest BCUT2D eigenvalue weighted by atomic mass is 32.2. The highest BCUT2D eigenvalue weighted by Gasteiger charge is 2.44. The molecule has 7 heteroatoms. The van der Waals surface area contributed by atoms with Gasteiger partial charge in [0.05, 0.1) is 5.75 Å². The largest absolute Gasteiger partial charge is 0.375 e. The van der Waals surface area contributed by atoms with Crippen LogP contribution in [0, 0.1) is 5.92 Å². The van der Waals surface area contributed by atoms with E-state index in [1.54, 1.807) is 24.3 Å². The van der Waals surface area contributed by atoms with Crippen molar-refractivity contribution in [1.29, 1.82) is 0 Å². The van der Waals surface area contributed by atoms with Gasteiger partial charge in [-0.15, -0.1) is 5.10 Å². The van der Waals surface area contributed by atoms with Crippen molar-refractivity contribution in [2.45, 2.75) is 18.9 Å². The first kappa shape index (κ1) is 18.4. The summed E-state index contributed by atoms with van der Waals surface area (Å²) in [6.45, 7) is 2.33. The van der Waals surface area contributed by atoms with Crippen molar-refractivity contribution in [3.05, 3.63) is 60.2 Å². The van der Waals surface area contributed by atoms with Gasteiger partial charge < -0.3 is 5.11 Å². The maximum atomic E-state index is 13.0. The van der Waals surface area contributed by atoms with Gasteiger partial charge in [-0.2, -0.15) is 0 Å². The van der Waals surface area contributed by atoms with Crippen LogP contribution in [0.25, 0.3) is 0 Å². The Bertz CT molecular complexity index is 775. The van der Waals surface area contributed by atoms with E-state index in [2.05, 4.69) is 10.5 Å². The molecule has 2 N–H and O–H groups in total. The second-order valence-corrected chi connectivity index (χ2v) is 6.99. The molecule has 1 heterocycles. The molecule has 26 heavy (non-hydrogen) atoms. The molecule has 2 amide bonds.